The van der Waals surface area contributed by atoms with Crippen LogP contribution < -0.4 is 15.0 Å². The molecule has 7 nitrogen and oxygen atoms in total. The number of carbonyl (C=O) groups excluding carboxylic acids is 2. The Morgan fingerprint density at radius 3 is 2.62 bits per heavy atom. The van der Waals surface area contributed by atoms with Gasteiger partial charge in [0.05, 0.1) is 0 Å². The highest BCUT2D eigenvalue weighted by atomic mass is 16.5. The predicted molar refractivity (Wildman–Crippen MR) is 114 cm³/mol. The van der Waals surface area contributed by atoms with E-state index in [1.165, 1.54) is 0 Å². The summed E-state index contributed by atoms with van der Waals surface area (Å²) in [5.74, 6) is 0.653. The van der Waals surface area contributed by atoms with E-state index < -0.39 is 0 Å². The number of nitrogens with one attached hydrogen (secondary N) is 1. The molecule has 2 heterocycles. The first-order chi connectivity index (χ1) is 14.2. The molecule has 160 valence electrons. The van der Waals surface area contributed by atoms with Crippen molar-refractivity contribution in [1.29, 1.82) is 0 Å². The van der Waals surface area contributed by atoms with Crippen LogP contribution in [0, 0.1) is 0 Å². The number of unbranched alkanes of at least 4 members (excludes halogenated alkanes) is 1. The molecule has 0 aromatic heterocycles. The van der Waals surface area contributed by atoms with Crippen LogP contribution in [0.2, 0.25) is 0 Å². The molecule has 0 radical (unpaired) electrons. The average molecular weight is 403 g/mol. The minimum atomic E-state index is -0.107. The molecule has 0 unspecified atom stereocenters. The third-order valence-corrected chi connectivity index (χ3v) is 5.71. The first-order valence-corrected chi connectivity index (χ1v) is 10.9. The Kier molecular flexibility index (Phi) is 8.31. The van der Waals surface area contributed by atoms with E-state index >= 15 is 0 Å². The Balaban J connectivity index is 1.28. The first-order valence-electron chi connectivity index (χ1n) is 10.9. The molecule has 2 aliphatic heterocycles. The summed E-state index contributed by atoms with van der Waals surface area (Å²) in [5, 5.41) is 2.93. The Labute approximate surface area is 174 Å². The van der Waals surface area contributed by atoms with Crippen molar-refractivity contribution in [2.24, 2.45) is 0 Å². The fourth-order valence-corrected chi connectivity index (χ4v) is 3.88. The standard InChI is InChI=1S/C22H34N4O3/c1-2-24-13-15-25(16-14-24)11-4-3-10-23-21(27)18-29-20-8-5-7-19(17-20)26-12-6-9-22(26)28/h5,7-8,17H,2-4,6,9-16,18H2,1H3,(H,23,27). The zero-order chi connectivity index (χ0) is 20.5. The van der Waals surface area contributed by atoms with Gasteiger partial charge >= 0.3 is 0 Å². The van der Waals surface area contributed by atoms with E-state index in [9.17, 15) is 9.59 Å². The maximum Gasteiger partial charge on any atom is 0.257 e. The molecule has 1 N–H and O–H groups in total. The molecule has 3 rings (SSSR count). The fourth-order valence-electron chi connectivity index (χ4n) is 3.88. The van der Waals surface area contributed by atoms with Gasteiger partial charge in [-0.05, 0) is 44.5 Å². The third kappa shape index (κ3) is 6.72. The third-order valence-electron chi connectivity index (χ3n) is 5.71. The summed E-state index contributed by atoms with van der Waals surface area (Å²) < 4.78 is 5.61. The Morgan fingerprint density at radius 1 is 1.10 bits per heavy atom. The van der Waals surface area contributed by atoms with E-state index in [0.29, 0.717) is 18.7 Å². The highest BCUT2D eigenvalue weighted by molar-refractivity contribution is 5.95. The highest BCUT2D eigenvalue weighted by Gasteiger charge is 2.21. The number of hydrogen-bond acceptors (Lipinski definition) is 5. The number of rotatable bonds is 10. The molecule has 2 saturated heterocycles. The number of hydrogen-bond donors (Lipinski definition) is 1. The molecule has 0 atom stereocenters. The molecule has 2 aliphatic rings. The van der Waals surface area contributed by atoms with E-state index in [0.717, 1.165) is 70.8 Å². The van der Waals surface area contributed by atoms with Gasteiger partial charge in [0.2, 0.25) is 5.91 Å². The lowest BCUT2D eigenvalue weighted by Gasteiger charge is -2.33. The quantitative estimate of drug-likeness (QED) is 0.604. The minimum Gasteiger partial charge on any atom is -0.484 e. The van der Waals surface area contributed by atoms with Gasteiger partial charge in [0.25, 0.3) is 5.91 Å². The number of ether oxygens (including phenoxy) is 1. The Bertz CT molecular complexity index is 674. The average Bonchev–Trinajstić information content (AvgIpc) is 3.18. The van der Waals surface area contributed by atoms with E-state index in [1.54, 1.807) is 4.90 Å². The minimum absolute atomic E-state index is 0.00359. The zero-order valence-corrected chi connectivity index (χ0v) is 17.6. The number of likely N-dealkylation sites (N-methyl/N-ethyl adjacent to an activating group) is 1. The van der Waals surface area contributed by atoms with Gasteiger partial charge in [-0.2, -0.15) is 0 Å². The van der Waals surface area contributed by atoms with Crippen molar-refractivity contribution in [2.45, 2.75) is 32.6 Å². The van der Waals surface area contributed by atoms with Gasteiger partial charge < -0.3 is 24.8 Å². The largest absolute Gasteiger partial charge is 0.484 e. The zero-order valence-electron chi connectivity index (χ0n) is 17.6. The SMILES string of the molecule is CCN1CCN(CCCCNC(=O)COc2cccc(N3CCCC3=O)c2)CC1. The van der Waals surface area contributed by atoms with Crippen LogP contribution in [0.1, 0.15) is 32.6 Å². The van der Waals surface area contributed by atoms with E-state index in [2.05, 4.69) is 22.0 Å². The van der Waals surface area contributed by atoms with Crippen LogP contribution >= 0.6 is 0 Å². The summed E-state index contributed by atoms with van der Waals surface area (Å²) in [5.41, 5.74) is 0.838. The summed E-state index contributed by atoms with van der Waals surface area (Å²) >= 11 is 0. The van der Waals surface area contributed by atoms with Gasteiger partial charge in [0.1, 0.15) is 5.75 Å². The lowest BCUT2D eigenvalue weighted by atomic mass is 10.2. The van der Waals surface area contributed by atoms with Crippen LogP contribution in [-0.4, -0.2) is 80.6 Å². The summed E-state index contributed by atoms with van der Waals surface area (Å²) in [4.78, 5) is 30.7. The van der Waals surface area contributed by atoms with E-state index in [4.69, 9.17) is 4.74 Å². The lowest BCUT2D eigenvalue weighted by molar-refractivity contribution is -0.123. The maximum atomic E-state index is 12.0. The molecule has 2 fully saturated rings. The van der Waals surface area contributed by atoms with E-state index in [1.807, 2.05) is 24.3 Å². The number of nitrogens with zero attached hydrogens (tertiary/aromatic N) is 3. The van der Waals surface area contributed by atoms with Crippen LogP contribution in [0.5, 0.6) is 5.75 Å². The van der Waals surface area contributed by atoms with Crippen LogP contribution in [0.4, 0.5) is 5.69 Å². The van der Waals surface area contributed by atoms with E-state index in [-0.39, 0.29) is 18.4 Å². The molecular formula is C22H34N4O3. The van der Waals surface area contributed by atoms with Crippen molar-refractivity contribution in [3.63, 3.8) is 0 Å². The smallest absolute Gasteiger partial charge is 0.257 e. The molecule has 0 saturated carbocycles. The van der Waals surface area contributed by atoms with Crippen molar-refractivity contribution in [3.05, 3.63) is 24.3 Å². The second-order valence-corrected chi connectivity index (χ2v) is 7.77. The van der Waals surface area contributed by atoms with Crippen molar-refractivity contribution >= 4 is 17.5 Å². The Morgan fingerprint density at radius 2 is 1.90 bits per heavy atom. The first kappa shape index (κ1) is 21.6. The van der Waals surface area contributed by atoms with Gasteiger partial charge in [-0.1, -0.05) is 13.0 Å². The van der Waals surface area contributed by atoms with Crippen molar-refractivity contribution in [2.75, 3.05) is 63.9 Å². The summed E-state index contributed by atoms with van der Waals surface area (Å²) in [6, 6.07) is 7.40. The second kappa shape index (κ2) is 11.2. The molecule has 0 spiro atoms. The lowest BCUT2D eigenvalue weighted by Crippen LogP contribution is -2.46. The number of benzene rings is 1. The molecule has 1 aromatic rings. The number of piperazine rings is 1. The van der Waals surface area contributed by atoms with Crippen molar-refractivity contribution in [1.82, 2.24) is 15.1 Å². The summed E-state index contributed by atoms with van der Waals surface area (Å²) in [6.07, 6.45) is 3.56. The van der Waals surface area contributed by atoms with Gasteiger partial charge in [-0.15, -0.1) is 0 Å². The van der Waals surface area contributed by atoms with Crippen LogP contribution in [0.25, 0.3) is 0 Å². The van der Waals surface area contributed by atoms with Crippen molar-refractivity contribution in [3.8, 4) is 5.75 Å². The molecule has 0 bridgehead atoms. The topological polar surface area (TPSA) is 65.1 Å². The number of anilines is 1. The second-order valence-electron chi connectivity index (χ2n) is 7.77. The fraction of sp³-hybridized carbons (Fsp3) is 0.636. The molecule has 1 aromatic carbocycles. The normalized spacial score (nSPS) is 18.2. The molecular weight excluding hydrogens is 368 g/mol. The molecule has 7 heteroatoms. The summed E-state index contributed by atoms with van der Waals surface area (Å²) in [6.45, 7) is 10.5. The predicted octanol–water partition coefficient (Wildman–Crippen LogP) is 1.73. The molecule has 29 heavy (non-hydrogen) atoms. The maximum absolute atomic E-state index is 12.0. The summed E-state index contributed by atoms with van der Waals surface area (Å²) in [7, 11) is 0. The van der Waals surface area contributed by atoms with Gasteiger partial charge in [-0.25, -0.2) is 0 Å². The van der Waals surface area contributed by atoms with Crippen molar-refractivity contribution < 1.29 is 14.3 Å². The highest BCUT2D eigenvalue weighted by Crippen LogP contribution is 2.25. The Hall–Kier alpha value is -2.12. The van der Waals surface area contributed by atoms with Crippen LogP contribution in [-0.2, 0) is 9.59 Å². The van der Waals surface area contributed by atoms with Crippen LogP contribution in [0.3, 0.4) is 0 Å². The van der Waals surface area contributed by atoms with Gasteiger partial charge in [-0.3, -0.25) is 9.59 Å². The molecule has 0 aliphatic carbocycles. The van der Waals surface area contributed by atoms with Crippen LogP contribution in [0.15, 0.2) is 24.3 Å². The number of amides is 2. The number of carbonyl (C=O) groups is 2. The van der Waals surface area contributed by atoms with Gasteiger partial charge in [0, 0.05) is 57.4 Å². The van der Waals surface area contributed by atoms with Gasteiger partial charge in [0.15, 0.2) is 6.61 Å². The monoisotopic (exact) mass is 402 g/mol. The molecule has 2 amide bonds.